The maximum absolute atomic E-state index is 12.3. The molecule has 0 bridgehead atoms. The highest BCUT2D eigenvalue weighted by Crippen LogP contribution is 2.27. The number of benzene rings is 1. The molecule has 0 atom stereocenters. The van der Waals surface area contributed by atoms with Gasteiger partial charge in [-0.05, 0) is 44.5 Å². The number of anilines is 1. The molecule has 0 unspecified atom stereocenters. The lowest BCUT2D eigenvalue weighted by atomic mass is 10.1. The van der Waals surface area contributed by atoms with Gasteiger partial charge in [0.2, 0.25) is 5.91 Å². The molecule has 0 radical (unpaired) electrons. The lowest BCUT2D eigenvalue weighted by molar-refractivity contribution is -0.116. The third-order valence-electron chi connectivity index (χ3n) is 4.02. The first-order valence-electron chi connectivity index (χ1n) is 9.41. The van der Waals surface area contributed by atoms with E-state index in [2.05, 4.69) is 16.4 Å². The Morgan fingerprint density at radius 2 is 1.69 bits per heavy atom. The van der Waals surface area contributed by atoms with Gasteiger partial charge in [-0.3, -0.25) is 8.98 Å². The first-order chi connectivity index (χ1) is 13.4. The van der Waals surface area contributed by atoms with Gasteiger partial charge in [-0.1, -0.05) is 26.2 Å². The van der Waals surface area contributed by atoms with E-state index in [9.17, 15) is 26.4 Å². The zero-order chi connectivity index (χ0) is 22.1. The lowest BCUT2D eigenvalue weighted by Crippen LogP contribution is -2.32. The summed E-state index contributed by atoms with van der Waals surface area (Å²) >= 11 is 0. The molecule has 1 aromatic rings. The Morgan fingerprint density at radius 3 is 2.24 bits per heavy atom. The molecule has 0 aliphatic rings. The summed E-state index contributed by atoms with van der Waals surface area (Å²) < 4.78 is 68.3. The molecule has 1 amide bonds. The number of halogens is 3. The van der Waals surface area contributed by atoms with Crippen LogP contribution < -0.4 is 10.1 Å². The van der Waals surface area contributed by atoms with Crippen LogP contribution in [0.5, 0.6) is 5.75 Å². The van der Waals surface area contributed by atoms with Crippen molar-refractivity contribution in [1.82, 2.24) is 0 Å². The van der Waals surface area contributed by atoms with Gasteiger partial charge in [0.15, 0.2) is 0 Å². The lowest BCUT2D eigenvalue weighted by Gasteiger charge is -2.26. The molecule has 1 aromatic carbocycles. The van der Waals surface area contributed by atoms with Crippen LogP contribution in [0.2, 0.25) is 0 Å². The summed E-state index contributed by atoms with van der Waals surface area (Å²) in [6, 6.07) is 6.53. The van der Waals surface area contributed by atoms with Crippen molar-refractivity contribution in [3.63, 3.8) is 0 Å². The Labute approximate surface area is 169 Å². The summed E-state index contributed by atoms with van der Waals surface area (Å²) in [5.41, 5.74) is -5.81. The average molecular weight is 439 g/mol. The molecule has 0 saturated carbocycles. The number of unbranched alkanes of at least 4 members (excludes halogenated alkanes) is 3. The van der Waals surface area contributed by atoms with Crippen LogP contribution in [-0.2, 0) is 19.1 Å². The standard InChI is InChI=1S/C19H28F3NO5S/c1-4-5-6-7-8-17(24)23-15-9-11-16(12-10-15)28-18(2,3)13-14-27-29(25,26)19(20,21)22/h9-12H,4-8,13-14H2,1-3H3,(H,23,24). The topological polar surface area (TPSA) is 81.7 Å². The Morgan fingerprint density at radius 1 is 1.07 bits per heavy atom. The van der Waals surface area contributed by atoms with Crippen molar-refractivity contribution in [2.45, 2.75) is 70.4 Å². The Bertz CT molecular complexity index is 746. The number of ether oxygens (including phenoxy) is 1. The molecular formula is C19H28F3NO5S. The van der Waals surface area contributed by atoms with Gasteiger partial charge >= 0.3 is 15.6 Å². The average Bonchev–Trinajstić information content (AvgIpc) is 2.59. The molecule has 166 valence electrons. The zero-order valence-electron chi connectivity index (χ0n) is 16.8. The first-order valence-corrected chi connectivity index (χ1v) is 10.8. The van der Waals surface area contributed by atoms with Gasteiger partial charge in [-0.15, -0.1) is 0 Å². The van der Waals surface area contributed by atoms with Gasteiger partial charge in [0.25, 0.3) is 0 Å². The zero-order valence-corrected chi connectivity index (χ0v) is 17.7. The molecule has 1 N–H and O–H groups in total. The van der Waals surface area contributed by atoms with Crippen LogP contribution in [-0.4, -0.2) is 32.0 Å². The summed E-state index contributed by atoms with van der Waals surface area (Å²) in [5.74, 6) is 0.354. The normalized spacial score (nSPS) is 12.6. The second-order valence-electron chi connectivity index (χ2n) is 7.22. The van der Waals surface area contributed by atoms with E-state index in [1.807, 2.05) is 0 Å². The number of hydrogen-bond acceptors (Lipinski definition) is 5. The molecule has 0 spiro atoms. The van der Waals surface area contributed by atoms with Crippen molar-refractivity contribution in [2.24, 2.45) is 0 Å². The van der Waals surface area contributed by atoms with E-state index in [4.69, 9.17) is 4.74 Å². The summed E-state index contributed by atoms with van der Waals surface area (Å²) in [5, 5.41) is 2.79. The third-order valence-corrected chi connectivity index (χ3v) is 5.06. The number of hydrogen-bond donors (Lipinski definition) is 1. The number of amides is 1. The van der Waals surface area contributed by atoms with Crippen LogP contribution in [0.4, 0.5) is 18.9 Å². The Hall–Kier alpha value is -1.81. The molecule has 0 aliphatic heterocycles. The van der Waals surface area contributed by atoms with Gasteiger partial charge < -0.3 is 10.1 Å². The molecule has 10 heteroatoms. The highest BCUT2D eigenvalue weighted by Gasteiger charge is 2.47. The molecular weight excluding hydrogens is 411 g/mol. The quantitative estimate of drug-likeness (QED) is 0.281. The minimum absolute atomic E-state index is 0.0712. The van der Waals surface area contributed by atoms with Crippen LogP contribution in [0, 0.1) is 0 Å². The molecule has 0 aromatic heterocycles. The van der Waals surface area contributed by atoms with E-state index in [0.717, 1.165) is 25.7 Å². The number of carbonyl (C=O) groups is 1. The van der Waals surface area contributed by atoms with Gasteiger partial charge in [0.05, 0.1) is 6.61 Å². The summed E-state index contributed by atoms with van der Waals surface area (Å²) in [6.07, 6.45) is 4.41. The number of carbonyl (C=O) groups excluding carboxylic acids is 1. The fraction of sp³-hybridized carbons (Fsp3) is 0.632. The van der Waals surface area contributed by atoms with E-state index >= 15 is 0 Å². The van der Waals surface area contributed by atoms with E-state index in [1.165, 1.54) is 0 Å². The minimum atomic E-state index is -5.62. The van der Waals surface area contributed by atoms with Gasteiger partial charge in [-0.25, -0.2) is 0 Å². The number of alkyl halides is 3. The van der Waals surface area contributed by atoms with Crippen LogP contribution in [0.1, 0.15) is 59.3 Å². The minimum Gasteiger partial charge on any atom is -0.488 e. The summed E-state index contributed by atoms with van der Waals surface area (Å²) in [4.78, 5) is 11.9. The monoisotopic (exact) mass is 439 g/mol. The summed E-state index contributed by atoms with van der Waals surface area (Å²) in [7, 11) is -5.62. The predicted molar refractivity (Wildman–Crippen MR) is 104 cm³/mol. The smallest absolute Gasteiger partial charge is 0.488 e. The number of rotatable bonds is 12. The maximum atomic E-state index is 12.3. The first kappa shape index (κ1) is 25.2. The predicted octanol–water partition coefficient (Wildman–Crippen LogP) is 5.01. The van der Waals surface area contributed by atoms with Crippen LogP contribution in [0.25, 0.3) is 0 Å². The van der Waals surface area contributed by atoms with Gasteiger partial charge in [0.1, 0.15) is 11.4 Å². The molecule has 6 nitrogen and oxygen atoms in total. The van der Waals surface area contributed by atoms with Crippen LogP contribution >= 0.6 is 0 Å². The summed E-state index contributed by atoms with van der Waals surface area (Å²) in [6.45, 7) is 4.63. The molecule has 0 heterocycles. The van der Waals surface area contributed by atoms with E-state index in [1.54, 1.807) is 38.1 Å². The molecule has 0 fully saturated rings. The highest BCUT2D eigenvalue weighted by molar-refractivity contribution is 7.87. The molecule has 0 saturated heterocycles. The third kappa shape index (κ3) is 9.49. The fourth-order valence-corrected chi connectivity index (χ4v) is 2.81. The van der Waals surface area contributed by atoms with Crippen molar-refractivity contribution >= 4 is 21.7 Å². The maximum Gasteiger partial charge on any atom is 0.523 e. The van der Waals surface area contributed by atoms with Gasteiger partial charge in [0, 0.05) is 18.5 Å². The van der Waals surface area contributed by atoms with Gasteiger partial charge in [-0.2, -0.15) is 21.6 Å². The fourth-order valence-electron chi connectivity index (χ4n) is 2.38. The number of nitrogens with one attached hydrogen (secondary N) is 1. The van der Waals surface area contributed by atoms with E-state index in [0.29, 0.717) is 17.9 Å². The second kappa shape index (κ2) is 10.8. The van der Waals surface area contributed by atoms with E-state index in [-0.39, 0.29) is 12.3 Å². The second-order valence-corrected chi connectivity index (χ2v) is 8.82. The van der Waals surface area contributed by atoms with Crippen molar-refractivity contribution in [3.8, 4) is 5.75 Å². The Kier molecular flexibility index (Phi) is 9.41. The van der Waals surface area contributed by atoms with E-state index < -0.39 is 27.8 Å². The van der Waals surface area contributed by atoms with Crippen molar-refractivity contribution < 1.29 is 35.3 Å². The SMILES string of the molecule is CCCCCCC(=O)Nc1ccc(OC(C)(C)CCOS(=O)(=O)C(F)(F)F)cc1. The highest BCUT2D eigenvalue weighted by atomic mass is 32.2. The van der Waals surface area contributed by atoms with Crippen LogP contribution in [0.3, 0.4) is 0 Å². The van der Waals surface area contributed by atoms with Crippen molar-refractivity contribution in [2.75, 3.05) is 11.9 Å². The van der Waals surface area contributed by atoms with Crippen LogP contribution in [0.15, 0.2) is 24.3 Å². The Balaban J connectivity index is 2.49. The molecule has 29 heavy (non-hydrogen) atoms. The van der Waals surface area contributed by atoms with Crippen molar-refractivity contribution in [1.29, 1.82) is 0 Å². The molecule has 0 aliphatic carbocycles. The van der Waals surface area contributed by atoms with Crippen molar-refractivity contribution in [3.05, 3.63) is 24.3 Å². The largest absolute Gasteiger partial charge is 0.523 e. The molecule has 1 rings (SSSR count).